The Hall–Kier alpha value is -2.19. The van der Waals surface area contributed by atoms with Crippen molar-refractivity contribution in [3.05, 3.63) is 42.2 Å². The molecule has 1 fully saturated rings. The molecule has 3 rings (SSSR count). The minimum atomic E-state index is -2.52. The molecule has 6 nitrogen and oxygen atoms in total. The van der Waals surface area contributed by atoms with Gasteiger partial charge in [-0.05, 0) is 29.8 Å². The summed E-state index contributed by atoms with van der Waals surface area (Å²) in [5, 5.41) is 10.3. The smallest absolute Gasteiger partial charge is 0.272 e. The van der Waals surface area contributed by atoms with Gasteiger partial charge in [0, 0.05) is 37.9 Å². The third-order valence-electron chi connectivity index (χ3n) is 4.20. The second kappa shape index (κ2) is 8.95. The number of nitrogens with one attached hydrogen (secondary N) is 2. The van der Waals surface area contributed by atoms with E-state index in [9.17, 15) is 13.6 Å². The molecule has 0 radical (unpaired) electrons. The van der Waals surface area contributed by atoms with Crippen molar-refractivity contribution < 1.29 is 18.3 Å². The molecule has 1 aromatic carbocycles. The number of aryl methyl sites for hydroxylation is 1. The summed E-state index contributed by atoms with van der Waals surface area (Å²) in [6.45, 7) is 0.678. The highest BCUT2D eigenvalue weighted by atomic mass is 35.5. The summed E-state index contributed by atoms with van der Waals surface area (Å²) >= 11 is 0. The largest absolute Gasteiger partial charge is 0.488 e. The maximum absolute atomic E-state index is 12.6. The Balaban J connectivity index is 0.00000243. The molecule has 0 unspecified atom stereocenters. The highest BCUT2D eigenvalue weighted by Gasteiger charge is 2.34. The first-order valence-electron chi connectivity index (χ1n) is 8.04. The Kier molecular flexibility index (Phi) is 6.93. The predicted molar refractivity (Wildman–Crippen MR) is 96.1 cm³/mol. The normalized spacial score (nSPS) is 19.2. The zero-order chi connectivity index (χ0) is 17.8. The standard InChI is InChI=1S/C17H20F2N4O2.ClH/c1-23-9-11(6-21-23)14-7-20-8-15(14)17(24)22-12-2-4-13(5-3-12)25-10-16(18)19;/h2-6,9,14-16,20H,7-8,10H2,1H3,(H,22,24);1H/t14-,15+;/m1./s1. The molecule has 9 heteroatoms. The van der Waals surface area contributed by atoms with Crippen LogP contribution >= 0.6 is 12.4 Å². The maximum Gasteiger partial charge on any atom is 0.272 e. The number of rotatable bonds is 6. The van der Waals surface area contributed by atoms with Crippen LogP contribution in [0.5, 0.6) is 5.75 Å². The van der Waals surface area contributed by atoms with Gasteiger partial charge in [-0.15, -0.1) is 12.4 Å². The lowest BCUT2D eigenvalue weighted by atomic mass is 9.90. The van der Waals surface area contributed by atoms with E-state index in [1.165, 1.54) is 0 Å². The van der Waals surface area contributed by atoms with Gasteiger partial charge in [-0.1, -0.05) is 0 Å². The Bertz CT molecular complexity index is 724. The quantitative estimate of drug-likeness (QED) is 0.800. The van der Waals surface area contributed by atoms with Crippen LogP contribution in [0.3, 0.4) is 0 Å². The number of alkyl halides is 2. The summed E-state index contributed by atoms with van der Waals surface area (Å²) < 4.78 is 30.9. The number of halogens is 3. The average molecular weight is 387 g/mol. The first-order valence-corrected chi connectivity index (χ1v) is 8.04. The molecule has 0 spiro atoms. The number of aromatic nitrogens is 2. The Labute approximate surface area is 156 Å². The molecule has 1 aromatic heterocycles. The first-order chi connectivity index (χ1) is 12.0. The fourth-order valence-corrected chi connectivity index (χ4v) is 2.96. The van der Waals surface area contributed by atoms with Gasteiger partial charge in [-0.25, -0.2) is 8.78 Å². The van der Waals surface area contributed by atoms with E-state index in [0.717, 1.165) is 12.1 Å². The van der Waals surface area contributed by atoms with Gasteiger partial charge in [0.05, 0.1) is 12.1 Å². The minimum Gasteiger partial charge on any atom is -0.488 e. The van der Waals surface area contributed by atoms with Crippen LogP contribution in [0.2, 0.25) is 0 Å². The van der Waals surface area contributed by atoms with E-state index in [-0.39, 0.29) is 30.2 Å². The molecule has 142 valence electrons. The van der Waals surface area contributed by atoms with Crippen molar-refractivity contribution in [1.82, 2.24) is 15.1 Å². The van der Waals surface area contributed by atoms with E-state index >= 15 is 0 Å². The molecule has 1 aliphatic heterocycles. The van der Waals surface area contributed by atoms with Gasteiger partial charge in [-0.2, -0.15) is 5.10 Å². The minimum absolute atomic E-state index is 0. The first kappa shape index (κ1) is 20.1. The van der Waals surface area contributed by atoms with Gasteiger partial charge in [0.25, 0.3) is 6.43 Å². The lowest BCUT2D eigenvalue weighted by Gasteiger charge is -2.17. The third-order valence-corrected chi connectivity index (χ3v) is 4.20. The summed E-state index contributed by atoms with van der Waals surface area (Å²) in [6, 6.07) is 6.40. The fourth-order valence-electron chi connectivity index (χ4n) is 2.96. The number of ether oxygens (including phenoxy) is 1. The van der Waals surface area contributed by atoms with Crippen LogP contribution in [0, 0.1) is 5.92 Å². The van der Waals surface area contributed by atoms with Gasteiger partial charge < -0.3 is 15.4 Å². The van der Waals surface area contributed by atoms with Crippen LogP contribution in [-0.4, -0.2) is 41.8 Å². The van der Waals surface area contributed by atoms with E-state index < -0.39 is 13.0 Å². The molecule has 2 heterocycles. The summed E-state index contributed by atoms with van der Waals surface area (Å²) in [6.07, 6.45) is 1.19. The highest BCUT2D eigenvalue weighted by Crippen LogP contribution is 2.29. The van der Waals surface area contributed by atoms with Gasteiger partial charge in [0.1, 0.15) is 12.4 Å². The van der Waals surface area contributed by atoms with Crippen molar-refractivity contribution in [2.24, 2.45) is 13.0 Å². The number of hydrogen-bond acceptors (Lipinski definition) is 4. The average Bonchev–Trinajstić information content (AvgIpc) is 3.22. The van der Waals surface area contributed by atoms with Crippen LogP contribution in [-0.2, 0) is 11.8 Å². The molecule has 2 aromatic rings. The van der Waals surface area contributed by atoms with Gasteiger partial charge in [0.15, 0.2) is 0 Å². The highest BCUT2D eigenvalue weighted by molar-refractivity contribution is 5.93. The van der Waals surface area contributed by atoms with E-state index in [1.807, 2.05) is 13.2 Å². The molecular weight excluding hydrogens is 366 g/mol. The van der Waals surface area contributed by atoms with Crippen LogP contribution in [0.25, 0.3) is 0 Å². The lowest BCUT2D eigenvalue weighted by Crippen LogP contribution is -2.28. The van der Waals surface area contributed by atoms with Crippen LogP contribution in [0.1, 0.15) is 11.5 Å². The van der Waals surface area contributed by atoms with Gasteiger partial charge in [0.2, 0.25) is 5.91 Å². The second-order valence-corrected chi connectivity index (χ2v) is 6.03. The zero-order valence-electron chi connectivity index (χ0n) is 14.2. The Morgan fingerprint density at radius 2 is 2.12 bits per heavy atom. The summed E-state index contributed by atoms with van der Waals surface area (Å²) in [7, 11) is 1.85. The van der Waals surface area contributed by atoms with Crippen LogP contribution in [0.15, 0.2) is 36.7 Å². The van der Waals surface area contributed by atoms with Crippen molar-refractivity contribution in [3.8, 4) is 5.75 Å². The zero-order valence-corrected chi connectivity index (χ0v) is 15.0. The number of carbonyl (C=O) groups is 1. The molecule has 1 amide bonds. The van der Waals surface area contributed by atoms with Crippen molar-refractivity contribution in [2.45, 2.75) is 12.3 Å². The third kappa shape index (κ3) is 4.92. The molecule has 0 bridgehead atoms. The number of amides is 1. The number of hydrogen-bond donors (Lipinski definition) is 2. The van der Waals surface area contributed by atoms with E-state index in [4.69, 9.17) is 4.74 Å². The fraction of sp³-hybridized carbons (Fsp3) is 0.412. The number of anilines is 1. The van der Waals surface area contributed by atoms with Crippen molar-refractivity contribution >= 4 is 24.0 Å². The lowest BCUT2D eigenvalue weighted by molar-refractivity contribution is -0.119. The summed E-state index contributed by atoms with van der Waals surface area (Å²) in [4.78, 5) is 12.6. The van der Waals surface area contributed by atoms with E-state index in [1.54, 1.807) is 35.1 Å². The predicted octanol–water partition coefficient (Wildman–Crippen LogP) is 2.43. The number of benzene rings is 1. The molecule has 2 atom stereocenters. The van der Waals surface area contributed by atoms with Crippen molar-refractivity contribution in [2.75, 3.05) is 25.0 Å². The molecular formula is C17H21ClF2N4O2. The van der Waals surface area contributed by atoms with Gasteiger partial charge >= 0.3 is 0 Å². The summed E-state index contributed by atoms with van der Waals surface area (Å²) in [5.41, 5.74) is 1.63. The number of nitrogens with zero attached hydrogens (tertiary/aromatic N) is 2. The summed E-state index contributed by atoms with van der Waals surface area (Å²) in [5.74, 6) is 0.135. The number of carbonyl (C=O) groups excluding carboxylic acids is 1. The topological polar surface area (TPSA) is 68.2 Å². The Morgan fingerprint density at radius 1 is 1.38 bits per heavy atom. The van der Waals surface area contributed by atoms with Gasteiger partial charge in [-0.3, -0.25) is 9.48 Å². The Morgan fingerprint density at radius 3 is 2.73 bits per heavy atom. The molecule has 2 N–H and O–H groups in total. The molecule has 26 heavy (non-hydrogen) atoms. The maximum atomic E-state index is 12.6. The molecule has 1 aliphatic rings. The second-order valence-electron chi connectivity index (χ2n) is 6.03. The SMILES string of the molecule is Cl.Cn1cc([C@H]2CNC[C@@H]2C(=O)Nc2ccc(OCC(F)F)cc2)cn1. The molecule has 0 aliphatic carbocycles. The van der Waals surface area contributed by atoms with E-state index in [2.05, 4.69) is 15.7 Å². The van der Waals surface area contributed by atoms with Crippen molar-refractivity contribution in [3.63, 3.8) is 0 Å². The molecule has 0 saturated carbocycles. The van der Waals surface area contributed by atoms with E-state index in [0.29, 0.717) is 18.0 Å². The van der Waals surface area contributed by atoms with Crippen LogP contribution in [0.4, 0.5) is 14.5 Å². The van der Waals surface area contributed by atoms with Crippen molar-refractivity contribution in [1.29, 1.82) is 0 Å². The van der Waals surface area contributed by atoms with Crippen LogP contribution < -0.4 is 15.4 Å². The monoisotopic (exact) mass is 386 g/mol. The molecule has 1 saturated heterocycles.